The Labute approximate surface area is 57.4 Å². The molecule has 4 nitrogen and oxygen atoms in total. The Morgan fingerprint density at radius 2 is 2.40 bits per heavy atom. The van der Waals surface area contributed by atoms with E-state index in [0.29, 0.717) is 11.5 Å². The standard InChI is InChI=1S/C6H7NO3/c8-4-6-2-1-5(10-6)3-7-9/h1-3,8-9H,4H2. The van der Waals surface area contributed by atoms with Crippen LogP contribution in [0.15, 0.2) is 21.7 Å². The van der Waals surface area contributed by atoms with Crippen LogP contribution in [0.3, 0.4) is 0 Å². The second-order valence-corrected chi connectivity index (χ2v) is 1.71. The molecule has 0 saturated heterocycles. The molecule has 0 radical (unpaired) electrons. The molecule has 0 atom stereocenters. The lowest BCUT2D eigenvalue weighted by molar-refractivity contribution is 0.246. The first-order chi connectivity index (χ1) is 4.86. The first-order valence-electron chi connectivity index (χ1n) is 2.74. The minimum atomic E-state index is -0.140. The predicted octanol–water partition coefficient (Wildman–Crippen LogP) is 0.580. The van der Waals surface area contributed by atoms with Crippen LogP contribution in [-0.4, -0.2) is 16.5 Å². The lowest BCUT2D eigenvalue weighted by atomic mass is 10.4. The third-order valence-electron chi connectivity index (χ3n) is 1.02. The molecule has 0 amide bonds. The summed E-state index contributed by atoms with van der Waals surface area (Å²) in [6, 6.07) is 3.21. The molecule has 0 fully saturated rings. The maximum Gasteiger partial charge on any atom is 0.148 e. The van der Waals surface area contributed by atoms with Gasteiger partial charge in [0.2, 0.25) is 0 Å². The van der Waals surface area contributed by atoms with Crippen LogP contribution in [-0.2, 0) is 6.61 Å². The molecule has 1 rings (SSSR count). The molecular formula is C6H7NO3. The minimum absolute atomic E-state index is 0.140. The lowest BCUT2D eigenvalue weighted by Crippen LogP contribution is -1.76. The number of nitrogens with zero attached hydrogens (tertiary/aromatic N) is 1. The van der Waals surface area contributed by atoms with Crippen LogP contribution in [0.25, 0.3) is 0 Å². The molecule has 2 N–H and O–H groups in total. The second kappa shape index (κ2) is 3.03. The van der Waals surface area contributed by atoms with Crippen molar-refractivity contribution in [3.63, 3.8) is 0 Å². The zero-order chi connectivity index (χ0) is 7.40. The van der Waals surface area contributed by atoms with E-state index in [9.17, 15) is 0 Å². The SMILES string of the molecule is OCc1ccc(C=NO)o1. The molecule has 4 heteroatoms. The largest absolute Gasteiger partial charge is 0.458 e. The van der Waals surface area contributed by atoms with E-state index in [2.05, 4.69) is 5.16 Å². The van der Waals surface area contributed by atoms with Gasteiger partial charge in [-0.25, -0.2) is 0 Å². The van der Waals surface area contributed by atoms with Crippen molar-refractivity contribution in [1.82, 2.24) is 0 Å². The van der Waals surface area contributed by atoms with E-state index in [1.165, 1.54) is 0 Å². The highest BCUT2D eigenvalue weighted by atomic mass is 16.4. The molecule has 0 aliphatic rings. The van der Waals surface area contributed by atoms with Crippen molar-refractivity contribution in [3.8, 4) is 0 Å². The lowest BCUT2D eigenvalue weighted by Gasteiger charge is -1.83. The van der Waals surface area contributed by atoms with Crippen LogP contribution in [0.5, 0.6) is 0 Å². The Bertz CT molecular complexity index is 229. The number of hydrogen-bond donors (Lipinski definition) is 2. The zero-order valence-electron chi connectivity index (χ0n) is 5.19. The van der Waals surface area contributed by atoms with Gasteiger partial charge in [0.05, 0.1) is 0 Å². The summed E-state index contributed by atoms with van der Waals surface area (Å²) in [6.45, 7) is -0.140. The molecule has 54 valence electrons. The van der Waals surface area contributed by atoms with Crippen molar-refractivity contribution in [2.24, 2.45) is 5.16 Å². The Hall–Kier alpha value is -1.29. The molecule has 0 saturated carbocycles. The first-order valence-corrected chi connectivity index (χ1v) is 2.74. The van der Waals surface area contributed by atoms with E-state index in [1.807, 2.05) is 0 Å². The number of oxime groups is 1. The van der Waals surface area contributed by atoms with Gasteiger partial charge in [0.15, 0.2) is 0 Å². The Balaban J connectivity index is 2.78. The van der Waals surface area contributed by atoms with Crippen LogP contribution >= 0.6 is 0 Å². The third-order valence-corrected chi connectivity index (χ3v) is 1.02. The quantitative estimate of drug-likeness (QED) is 0.359. The van der Waals surface area contributed by atoms with E-state index < -0.39 is 0 Å². The molecule has 0 unspecified atom stereocenters. The van der Waals surface area contributed by atoms with Crippen molar-refractivity contribution in [2.45, 2.75) is 6.61 Å². The predicted molar refractivity (Wildman–Crippen MR) is 34.0 cm³/mol. The van der Waals surface area contributed by atoms with Gasteiger partial charge < -0.3 is 14.7 Å². The average Bonchev–Trinajstić information content (AvgIpc) is 2.37. The molecule has 0 aliphatic carbocycles. The average molecular weight is 141 g/mol. The fourth-order valence-corrected chi connectivity index (χ4v) is 0.606. The summed E-state index contributed by atoms with van der Waals surface area (Å²) in [7, 11) is 0. The Morgan fingerprint density at radius 1 is 1.60 bits per heavy atom. The number of aliphatic hydroxyl groups excluding tert-OH is 1. The zero-order valence-corrected chi connectivity index (χ0v) is 5.19. The molecule has 1 aromatic rings. The van der Waals surface area contributed by atoms with Gasteiger partial charge in [-0.05, 0) is 12.1 Å². The van der Waals surface area contributed by atoms with Gasteiger partial charge in [-0.15, -0.1) is 0 Å². The summed E-state index contributed by atoms with van der Waals surface area (Å²) >= 11 is 0. The molecule has 0 aromatic carbocycles. The third kappa shape index (κ3) is 1.35. The molecule has 0 spiro atoms. The van der Waals surface area contributed by atoms with Gasteiger partial charge in [-0.1, -0.05) is 5.16 Å². The molecule has 1 heterocycles. The molecule has 10 heavy (non-hydrogen) atoms. The number of aliphatic hydroxyl groups is 1. The summed E-state index contributed by atoms with van der Waals surface area (Å²) in [5.74, 6) is 0.876. The van der Waals surface area contributed by atoms with E-state index in [1.54, 1.807) is 12.1 Å². The van der Waals surface area contributed by atoms with Gasteiger partial charge in [-0.2, -0.15) is 0 Å². The van der Waals surface area contributed by atoms with Crippen molar-refractivity contribution in [1.29, 1.82) is 0 Å². The second-order valence-electron chi connectivity index (χ2n) is 1.71. The summed E-state index contributed by atoms with van der Waals surface area (Å²) in [5, 5.41) is 19.3. The minimum Gasteiger partial charge on any atom is -0.458 e. The molecule has 1 aromatic heterocycles. The van der Waals surface area contributed by atoms with E-state index in [4.69, 9.17) is 14.7 Å². The molecule has 0 bridgehead atoms. The normalized spacial score (nSPS) is 10.9. The van der Waals surface area contributed by atoms with Crippen molar-refractivity contribution in [3.05, 3.63) is 23.7 Å². The fourth-order valence-electron chi connectivity index (χ4n) is 0.606. The van der Waals surface area contributed by atoms with Crippen molar-refractivity contribution < 1.29 is 14.7 Å². The molecule has 0 aliphatic heterocycles. The van der Waals surface area contributed by atoms with Crippen LogP contribution in [0.1, 0.15) is 11.5 Å². The first kappa shape index (κ1) is 6.82. The highest BCUT2D eigenvalue weighted by molar-refractivity contribution is 5.75. The van der Waals surface area contributed by atoms with Crippen molar-refractivity contribution >= 4 is 6.21 Å². The topological polar surface area (TPSA) is 66.0 Å². The van der Waals surface area contributed by atoms with Crippen LogP contribution in [0.2, 0.25) is 0 Å². The Kier molecular flexibility index (Phi) is 2.07. The summed E-state index contributed by atoms with van der Waals surface area (Å²) in [6.07, 6.45) is 1.15. The Morgan fingerprint density at radius 3 is 2.90 bits per heavy atom. The van der Waals surface area contributed by atoms with Gasteiger partial charge >= 0.3 is 0 Å². The summed E-state index contributed by atoms with van der Waals surface area (Å²) in [5.41, 5.74) is 0. The van der Waals surface area contributed by atoms with E-state index >= 15 is 0 Å². The summed E-state index contributed by atoms with van der Waals surface area (Å²) in [4.78, 5) is 0. The van der Waals surface area contributed by atoms with Gasteiger partial charge in [0, 0.05) is 0 Å². The highest BCUT2D eigenvalue weighted by Crippen LogP contribution is 2.04. The number of rotatable bonds is 2. The molecular weight excluding hydrogens is 134 g/mol. The van der Waals surface area contributed by atoms with Gasteiger partial charge in [0.1, 0.15) is 24.3 Å². The van der Waals surface area contributed by atoms with Crippen LogP contribution in [0, 0.1) is 0 Å². The highest BCUT2D eigenvalue weighted by Gasteiger charge is 1.96. The monoisotopic (exact) mass is 141 g/mol. The van der Waals surface area contributed by atoms with E-state index in [0.717, 1.165) is 6.21 Å². The van der Waals surface area contributed by atoms with Crippen molar-refractivity contribution in [2.75, 3.05) is 0 Å². The number of hydrogen-bond acceptors (Lipinski definition) is 4. The smallest absolute Gasteiger partial charge is 0.148 e. The van der Waals surface area contributed by atoms with Gasteiger partial charge in [-0.3, -0.25) is 0 Å². The van der Waals surface area contributed by atoms with Gasteiger partial charge in [0.25, 0.3) is 0 Å². The maximum atomic E-state index is 8.52. The number of furan rings is 1. The fraction of sp³-hybridized carbons (Fsp3) is 0.167. The van der Waals surface area contributed by atoms with Crippen LogP contribution < -0.4 is 0 Å². The summed E-state index contributed by atoms with van der Waals surface area (Å²) < 4.78 is 4.91. The van der Waals surface area contributed by atoms with Crippen LogP contribution in [0.4, 0.5) is 0 Å². The van der Waals surface area contributed by atoms with E-state index in [-0.39, 0.29) is 6.61 Å². The maximum absolute atomic E-state index is 8.52.